The molecule has 0 fully saturated rings. The molecule has 18 heavy (non-hydrogen) atoms. The molecule has 0 bridgehead atoms. The lowest BCUT2D eigenvalue weighted by molar-refractivity contribution is -0.142. The van der Waals surface area contributed by atoms with E-state index in [0.717, 1.165) is 12.8 Å². The van der Waals surface area contributed by atoms with Crippen LogP contribution in [0.3, 0.4) is 0 Å². The second-order valence-corrected chi connectivity index (χ2v) is 3.76. The summed E-state index contributed by atoms with van der Waals surface area (Å²) in [5.74, 6) is -1.31. The minimum Gasteiger partial charge on any atom is -0.464 e. The maximum Gasteiger partial charge on any atom is 0.325 e. The standard InChI is InChI=1S/C13H16FNO3/c1-2-3-8-18-12(16)9-15-13(17)10-4-6-11(14)7-5-10/h4-7H,2-3,8-9H2,1H3,(H,15,17). The summed E-state index contributed by atoms with van der Waals surface area (Å²) < 4.78 is 17.5. The van der Waals surface area contributed by atoms with Gasteiger partial charge < -0.3 is 10.1 Å². The average molecular weight is 253 g/mol. The van der Waals surface area contributed by atoms with E-state index in [0.29, 0.717) is 12.2 Å². The van der Waals surface area contributed by atoms with Gasteiger partial charge in [0.1, 0.15) is 12.4 Å². The summed E-state index contributed by atoms with van der Waals surface area (Å²) in [5, 5.41) is 2.41. The Morgan fingerprint density at radius 1 is 1.28 bits per heavy atom. The van der Waals surface area contributed by atoms with Crippen molar-refractivity contribution in [3.8, 4) is 0 Å². The fourth-order valence-electron chi connectivity index (χ4n) is 1.24. The number of benzene rings is 1. The molecule has 0 unspecified atom stereocenters. The summed E-state index contributed by atoms with van der Waals surface area (Å²) in [7, 11) is 0. The van der Waals surface area contributed by atoms with Crippen LogP contribution in [0.1, 0.15) is 30.1 Å². The number of hydrogen-bond donors (Lipinski definition) is 1. The lowest BCUT2D eigenvalue weighted by Crippen LogP contribution is -2.30. The van der Waals surface area contributed by atoms with Crippen LogP contribution in [0, 0.1) is 5.82 Å². The largest absolute Gasteiger partial charge is 0.464 e. The van der Waals surface area contributed by atoms with Crippen LogP contribution in [0.4, 0.5) is 4.39 Å². The third kappa shape index (κ3) is 4.95. The van der Waals surface area contributed by atoms with Gasteiger partial charge in [-0.25, -0.2) is 4.39 Å². The summed E-state index contributed by atoms with van der Waals surface area (Å²) in [6, 6.07) is 5.09. The number of esters is 1. The van der Waals surface area contributed by atoms with Crippen LogP contribution in [0.2, 0.25) is 0 Å². The van der Waals surface area contributed by atoms with Gasteiger partial charge in [-0.15, -0.1) is 0 Å². The van der Waals surface area contributed by atoms with Crippen molar-refractivity contribution in [3.05, 3.63) is 35.6 Å². The summed E-state index contributed by atoms with van der Waals surface area (Å²) in [6.45, 7) is 2.17. The van der Waals surface area contributed by atoms with Crippen molar-refractivity contribution in [2.24, 2.45) is 0 Å². The zero-order valence-electron chi connectivity index (χ0n) is 10.2. The number of halogens is 1. The van der Waals surface area contributed by atoms with E-state index in [4.69, 9.17) is 4.74 Å². The Balaban J connectivity index is 2.32. The molecule has 0 heterocycles. The van der Waals surface area contributed by atoms with Crippen LogP contribution in [0.15, 0.2) is 24.3 Å². The quantitative estimate of drug-likeness (QED) is 0.622. The lowest BCUT2D eigenvalue weighted by Gasteiger charge is -2.06. The molecular weight excluding hydrogens is 237 g/mol. The monoisotopic (exact) mass is 253 g/mol. The van der Waals surface area contributed by atoms with Crippen molar-refractivity contribution in [3.63, 3.8) is 0 Å². The van der Waals surface area contributed by atoms with E-state index >= 15 is 0 Å². The highest BCUT2D eigenvalue weighted by molar-refractivity contribution is 5.95. The molecule has 1 aromatic rings. The smallest absolute Gasteiger partial charge is 0.325 e. The third-order valence-corrected chi connectivity index (χ3v) is 2.26. The van der Waals surface area contributed by atoms with Gasteiger partial charge in [-0.3, -0.25) is 9.59 Å². The fourth-order valence-corrected chi connectivity index (χ4v) is 1.24. The summed E-state index contributed by atoms with van der Waals surface area (Å²) in [4.78, 5) is 22.8. The van der Waals surface area contributed by atoms with E-state index in [9.17, 15) is 14.0 Å². The Labute approximate surface area is 105 Å². The first-order valence-corrected chi connectivity index (χ1v) is 5.83. The molecule has 98 valence electrons. The van der Waals surface area contributed by atoms with Gasteiger partial charge in [0, 0.05) is 5.56 Å². The molecular formula is C13H16FNO3. The van der Waals surface area contributed by atoms with Gasteiger partial charge >= 0.3 is 5.97 Å². The van der Waals surface area contributed by atoms with Crippen LogP contribution in [0.5, 0.6) is 0 Å². The summed E-state index contributed by atoms with van der Waals surface area (Å²) in [6.07, 6.45) is 1.74. The van der Waals surface area contributed by atoms with Crippen LogP contribution in [0.25, 0.3) is 0 Å². The Morgan fingerprint density at radius 2 is 1.94 bits per heavy atom. The predicted molar refractivity (Wildman–Crippen MR) is 64.6 cm³/mol. The first-order valence-electron chi connectivity index (χ1n) is 5.83. The van der Waals surface area contributed by atoms with Crippen LogP contribution < -0.4 is 5.32 Å². The molecule has 0 aromatic heterocycles. The first-order chi connectivity index (χ1) is 8.63. The molecule has 5 heteroatoms. The molecule has 1 rings (SSSR count). The number of hydrogen-bond acceptors (Lipinski definition) is 3. The van der Waals surface area contributed by atoms with Gasteiger partial charge in [0.15, 0.2) is 0 Å². The van der Waals surface area contributed by atoms with Crippen LogP contribution in [-0.2, 0) is 9.53 Å². The molecule has 0 radical (unpaired) electrons. The summed E-state index contributed by atoms with van der Waals surface area (Å²) in [5.41, 5.74) is 0.303. The van der Waals surface area contributed by atoms with E-state index < -0.39 is 17.7 Å². The Morgan fingerprint density at radius 3 is 2.56 bits per heavy atom. The van der Waals surface area contributed by atoms with Gasteiger partial charge in [0.05, 0.1) is 6.61 Å². The molecule has 0 atom stereocenters. The molecule has 4 nitrogen and oxygen atoms in total. The second kappa shape index (κ2) is 7.42. The van der Waals surface area contributed by atoms with Crippen molar-refractivity contribution in [2.45, 2.75) is 19.8 Å². The minimum atomic E-state index is -0.473. The van der Waals surface area contributed by atoms with Crippen molar-refractivity contribution in [1.82, 2.24) is 5.32 Å². The van der Waals surface area contributed by atoms with E-state index in [1.807, 2.05) is 6.92 Å². The van der Waals surface area contributed by atoms with Crippen LogP contribution >= 0.6 is 0 Å². The van der Waals surface area contributed by atoms with Gasteiger partial charge in [-0.05, 0) is 30.7 Å². The number of carbonyl (C=O) groups is 2. The van der Waals surface area contributed by atoms with Gasteiger partial charge in [0.2, 0.25) is 0 Å². The number of ether oxygens (including phenoxy) is 1. The average Bonchev–Trinajstić information content (AvgIpc) is 2.37. The zero-order valence-corrected chi connectivity index (χ0v) is 10.2. The zero-order chi connectivity index (χ0) is 13.4. The SMILES string of the molecule is CCCCOC(=O)CNC(=O)c1ccc(F)cc1. The topological polar surface area (TPSA) is 55.4 Å². The van der Waals surface area contributed by atoms with Gasteiger partial charge in [-0.1, -0.05) is 13.3 Å². The van der Waals surface area contributed by atoms with Crippen molar-refractivity contribution in [1.29, 1.82) is 0 Å². The fraction of sp³-hybridized carbons (Fsp3) is 0.385. The number of nitrogens with one attached hydrogen (secondary N) is 1. The van der Waals surface area contributed by atoms with E-state index in [1.165, 1.54) is 24.3 Å². The Bertz CT molecular complexity index is 403. The van der Waals surface area contributed by atoms with E-state index in [1.54, 1.807) is 0 Å². The highest BCUT2D eigenvalue weighted by Crippen LogP contribution is 2.02. The molecule has 1 amide bonds. The minimum absolute atomic E-state index is 0.181. The number of amides is 1. The molecule has 0 saturated heterocycles. The summed E-state index contributed by atoms with van der Waals surface area (Å²) >= 11 is 0. The molecule has 1 N–H and O–H groups in total. The maximum absolute atomic E-state index is 12.6. The van der Waals surface area contributed by atoms with E-state index in [2.05, 4.69) is 5.32 Å². The van der Waals surface area contributed by atoms with Gasteiger partial charge in [-0.2, -0.15) is 0 Å². The number of carbonyl (C=O) groups excluding carboxylic acids is 2. The Kier molecular flexibility index (Phi) is 5.84. The molecule has 0 aliphatic carbocycles. The van der Waals surface area contributed by atoms with Gasteiger partial charge in [0.25, 0.3) is 5.91 Å². The molecule has 0 saturated carbocycles. The van der Waals surface area contributed by atoms with Crippen molar-refractivity contribution in [2.75, 3.05) is 13.2 Å². The second-order valence-electron chi connectivity index (χ2n) is 3.76. The maximum atomic E-state index is 12.6. The highest BCUT2D eigenvalue weighted by atomic mass is 19.1. The molecule has 1 aromatic carbocycles. The first kappa shape index (κ1) is 14.2. The van der Waals surface area contributed by atoms with Crippen LogP contribution in [-0.4, -0.2) is 25.0 Å². The van der Waals surface area contributed by atoms with Crippen molar-refractivity contribution >= 4 is 11.9 Å². The van der Waals surface area contributed by atoms with Crippen molar-refractivity contribution < 1.29 is 18.7 Å². The lowest BCUT2D eigenvalue weighted by atomic mass is 10.2. The van der Waals surface area contributed by atoms with E-state index in [-0.39, 0.29) is 6.54 Å². The molecule has 0 aliphatic rings. The number of unbranched alkanes of at least 4 members (excludes halogenated alkanes) is 1. The normalized spacial score (nSPS) is 9.89. The predicted octanol–water partition coefficient (Wildman–Crippen LogP) is 1.90. The number of rotatable bonds is 6. The highest BCUT2D eigenvalue weighted by Gasteiger charge is 2.08. The Hall–Kier alpha value is -1.91. The third-order valence-electron chi connectivity index (χ3n) is 2.26. The molecule has 0 aliphatic heterocycles. The molecule has 0 spiro atoms.